The third kappa shape index (κ3) is 6.16. The monoisotopic (exact) mass is 288 g/mol. The van der Waals surface area contributed by atoms with Crippen molar-refractivity contribution in [1.82, 2.24) is 0 Å². The van der Waals surface area contributed by atoms with Crippen LogP contribution in [0.3, 0.4) is 0 Å². The first-order valence-corrected chi connectivity index (χ1v) is 7.48. The molecule has 1 aromatic carbocycles. The number of rotatable bonds is 8. The zero-order valence-electron chi connectivity index (χ0n) is 10.3. The average Bonchev–Trinajstić information content (AvgIpc) is 2.32. The molecule has 0 saturated heterocycles. The van der Waals surface area contributed by atoms with Gasteiger partial charge in [-0.3, -0.25) is 10.1 Å². The number of sulfonamides is 1. The summed E-state index contributed by atoms with van der Waals surface area (Å²) in [6, 6.07) is 6.12. The van der Waals surface area contributed by atoms with Crippen LogP contribution in [0.25, 0.3) is 0 Å². The first-order chi connectivity index (χ1) is 8.90. The molecule has 0 aliphatic carbocycles. The number of ether oxygens (including phenoxy) is 1. The van der Waals surface area contributed by atoms with E-state index in [4.69, 9.17) is 9.88 Å². The van der Waals surface area contributed by atoms with Gasteiger partial charge in [-0.1, -0.05) is 12.1 Å². The molecule has 0 atom stereocenters. The van der Waals surface area contributed by atoms with Crippen molar-refractivity contribution in [2.24, 2.45) is 5.14 Å². The Bertz CT molecular complexity index is 530. The SMILES string of the molecule is NS(=O)(=O)CCCCCOc1ccccc1[N+](=O)[O-]. The maximum Gasteiger partial charge on any atom is 0.310 e. The number of nitro benzene ring substituents is 1. The summed E-state index contributed by atoms with van der Waals surface area (Å²) in [5.41, 5.74) is -0.0768. The van der Waals surface area contributed by atoms with Crippen molar-refractivity contribution in [1.29, 1.82) is 0 Å². The molecule has 1 aromatic rings. The van der Waals surface area contributed by atoms with Crippen molar-refractivity contribution in [3.63, 3.8) is 0 Å². The normalized spacial score (nSPS) is 11.2. The average molecular weight is 288 g/mol. The van der Waals surface area contributed by atoms with Crippen LogP contribution in [0.5, 0.6) is 5.75 Å². The van der Waals surface area contributed by atoms with Crippen molar-refractivity contribution in [3.8, 4) is 5.75 Å². The Morgan fingerprint density at radius 3 is 2.53 bits per heavy atom. The zero-order chi connectivity index (χ0) is 14.3. The summed E-state index contributed by atoms with van der Waals surface area (Å²) in [6.45, 7) is 0.301. The lowest BCUT2D eigenvalue weighted by molar-refractivity contribution is -0.385. The molecular weight excluding hydrogens is 272 g/mol. The third-order valence-corrected chi connectivity index (χ3v) is 3.25. The van der Waals surface area contributed by atoms with Crippen molar-refractivity contribution >= 4 is 15.7 Å². The van der Waals surface area contributed by atoms with E-state index in [0.29, 0.717) is 25.9 Å². The summed E-state index contributed by atoms with van der Waals surface area (Å²) < 4.78 is 26.7. The van der Waals surface area contributed by atoms with Crippen LogP contribution >= 0.6 is 0 Å². The summed E-state index contributed by atoms with van der Waals surface area (Å²) in [5.74, 6) is 0.164. The number of hydrogen-bond acceptors (Lipinski definition) is 5. The summed E-state index contributed by atoms with van der Waals surface area (Å²) in [5, 5.41) is 15.6. The third-order valence-electron chi connectivity index (χ3n) is 2.39. The van der Waals surface area contributed by atoms with E-state index in [9.17, 15) is 18.5 Å². The van der Waals surface area contributed by atoms with E-state index in [1.807, 2.05) is 0 Å². The van der Waals surface area contributed by atoms with Gasteiger partial charge in [-0.2, -0.15) is 0 Å². The smallest absolute Gasteiger partial charge is 0.310 e. The van der Waals surface area contributed by atoms with Crippen LogP contribution in [0, 0.1) is 10.1 Å². The predicted octanol–water partition coefficient (Wildman–Crippen LogP) is 1.43. The molecule has 106 valence electrons. The van der Waals surface area contributed by atoms with Crippen molar-refractivity contribution in [2.45, 2.75) is 19.3 Å². The molecular formula is C11H16N2O5S. The van der Waals surface area contributed by atoms with E-state index in [1.165, 1.54) is 12.1 Å². The molecule has 0 fully saturated rings. The largest absolute Gasteiger partial charge is 0.487 e. The lowest BCUT2D eigenvalue weighted by Crippen LogP contribution is -2.16. The van der Waals surface area contributed by atoms with E-state index < -0.39 is 14.9 Å². The summed E-state index contributed by atoms with van der Waals surface area (Å²) >= 11 is 0. The molecule has 0 aliphatic rings. The Balaban J connectivity index is 2.32. The highest BCUT2D eigenvalue weighted by molar-refractivity contribution is 7.89. The Morgan fingerprint density at radius 2 is 1.89 bits per heavy atom. The lowest BCUT2D eigenvalue weighted by Gasteiger charge is -2.06. The van der Waals surface area contributed by atoms with Crippen LogP contribution in [0.4, 0.5) is 5.69 Å². The first-order valence-electron chi connectivity index (χ1n) is 5.77. The van der Waals surface area contributed by atoms with Gasteiger partial charge in [0.1, 0.15) is 0 Å². The highest BCUT2D eigenvalue weighted by Crippen LogP contribution is 2.25. The molecule has 0 aromatic heterocycles. The minimum absolute atomic E-state index is 0.0571. The number of unbranched alkanes of at least 4 members (excludes halogenated alkanes) is 2. The van der Waals surface area contributed by atoms with E-state index in [1.54, 1.807) is 12.1 Å². The van der Waals surface area contributed by atoms with Crippen LogP contribution in [-0.2, 0) is 10.0 Å². The number of nitrogens with two attached hydrogens (primary N) is 1. The van der Waals surface area contributed by atoms with Crippen LogP contribution in [-0.4, -0.2) is 25.7 Å². The van der Waals surface area contributed by atoms with Crippen LogP contribution in [0.15, 0.2) is 24.3 Å². The molecule has 0 heterocycles. The van der Waals surface area contributed by atoms with Crippen molar-refractivity contribution in [2.75, 3.05) is 12.4 Å². The van der Waals surface area contributed by atoms with Gasteiger partial charge in [-0.05, 0) is 25.3 Å². The minimum atomic E-state index is -3.41. The summed E-state index contributed by atoms with van der Waals surface area (Å²) in [7, 11) is -3.41. The number of hydrogen-bond donors (Lipinski definition) is 1. The number of nitro groups is 1. The van der Waals surface area contributed by atoms with Crippen LogP contribution < -0.4 is 9.88 Å². The van der Waals surface area contributed by atoms with Gasteiger partial charge >= 0.3 is 5.69 Å². The number of primary sulfonamides is 1. The van der Waals surface area contributed by atoms with Gasteiger partial charge in [0, 0.05) is 6.07 Å². The highest BCUT2D eigenvalue weighted by Gasteiger charge is 2.13. The molecule has 2 N–H and O–H groups in total. The van der Waals surface area contributed by atoms with Gasteiger partial charge in [0.25, 0.3) is 0 Å². The van der Waals surface area contributed by atoms with Crippen molar-refractivity contribution in [3.05, 3.63) is 34.4 Å². The Hall–Kier alpha value is -1.67. The maximum absolute atomic E-state index is 10.7. The molecule has 0 saturated carbocycles. The second kappa shape index (κ2) is 7.05. The maximum atomic E-state index is 10.7. The number of nitrogens with zero attached hydrogens (tertiary/aromatic N) is 1. The van der Waals surface area contributed by atoms with Crippen LogP contribution in [0.2, 0.25) is 0 Å². The van der Waals surface area contributed by atoms with Gasteiger partial charge in [0.2, 0.25) is 10.0 Å². The molecule has 0 bridgehead atoms. The molecule has 0 amide bonds. The van der Waals surface area contributed by atoms with Crippen LogP contribution in [0.1, 0.15) is 19.3 Å². The molecule has 0 unspecified atom stereocenters. The van der Waals surface area contributed by atoms with E-state index in [0.717, 1.165) is 0 Å². The summed E-state index contributed by atoms with van der Waals surface area (Å²) in [6.07, 6.45) is 1.71. The Labute approximate surface area is 111 Å². The van der Waals surface area contributed by atoms with E-state index in [-0.39, 0.29) is 17.2 Å². The number of benzene rings is 1. The van der Waals surface area contributed by atoms with E-state index >= 15 is 0 Å². The Kier molecular flexibility index (Phi) is 5.71. The first kappa shape index (κ1) is 15.4. The topological polar surface area (TPSA) is 113 Å². The van der Waals surface area contributed by atoms with Gasteiger partial charge in [0.05, 0.1) is 17.3 Å². The second-order valence-electron chi connectivity index (χ2n) is 4.00. The van der Waals surface area contributed by atoms with Gasteiger partial charge < -0.3 is 4.74 Å². The minimum Gasteiger partial charge on any atom is -0.487 e. The fourth-order valence-corrected chi connectivity index (χ4v) is 2.10. The standard InChI is InChI=1S/C11H16N2O5S/c12-19(16,17)9-5-1-4-8-18-11-7-3-2-6-10(11)13(14)15/h2-3,6-7H,1,4-5,8-9H2,(H2,12,16,17). The predicted molar refractivity (Wildman–Crippen MR) is 70.4 cm³/mol. The highest BCUT2D eigenvalue weighted by atomic mass is 32.2. The molecule has 0 radical (unpaired) electrons. The zero-order valence-corrected chi connectivity index (χ0v) is 11.1. The lowest BCUT2D eigenvalue weighted by atomic mass is 10.2. The second-order valence-corrected chi connectivity index (χ2v) is 5.73. The van der Waals surface area contributed by atoms with Crippen molar-refractivity contribution < 1.29 is 18.1 Å². The van der Waals surface area contributed by atoms with E-state index in [2.05, 4.69) is 0 Å². The molecule has 0 aliphatic heterocycles. The fourth-order valence-electron chi connectivity index (χ4n) is 1.49. The molecule has 19 heavy (non-hydrogen) atoms. The van der Waals surface area contributed by atoms with Gasteiger partial charge in [-0.15, -0.1) is 0 Å². The quantitative estimate of drug-likeness (QED) is 0.441. The molecule has 8 heteroatoms. The van der Waals surface area contributed by atoms with Gasteiger partial charge in [0.15, 0.2) is 5.75 Å². The number of para-hydroxylation sites is 2. The van der Waals surface area contributed by atoms with Gasteiger partial charge in [-0.25, -0.2) is 13.6 Å². The summed E-state index contributed by atoms with van der Waals surface area (Å²) in [4.78, 5) is 10.2. The molecule has 0 spiro atoms. The Morgan fingerprint density at radius 1 is 1.21 bits per heavy atom. The molecule has 7 nitrogen and oxygen atoms in total. The fraction of sp³-hybridized carbons (Fsp3) is 0.455. The molecule has 1 rings (SSSR count).